The van der Waals surface area contributed by atoms with E-state index in [-0.39, 0.29) is 29.2 Å². The van der Waals surface area contributed by atoms with Crippen LogP contribution in [-0.4, -0.2) is 71.5 Å². The van der Waals surface area contributed by atoms with Gasteiger partial charge in [0.1, 0.15) is 12.4 Å². The Morgan fingerprint density at radius 2 is 1.71 bits per heavy atom. The van der Waals surface area contributed by atoms with Gasteiger partial charge in [-0.2, -0.15) is 0 Å². The maximum Gasteiger partial charge on any atom is 0.232 e. The molecule has 1 heterocycles. The van der Waals surface area contributed by atoms with E-state index in [1.165, 1.54) is 7.11 Å². The number of hydrogen-bond acceptors (Lipinski definition) is 7. The second-order valence-corrected chi connectivity index (χ2v) is 13.4. The molecule has 228 valence electrons. The highest BCUT2D eigenvalue weighted by Crippen LogP contribution is 2.39. The number of nitrogens with zero attached hydrogens (tertiary/aromatic N) is 1. The van der Waals surface area contributed by atoms with E-state index >= 15 is 0 Å². The summed E-state index contributed by atoms with van der Waals surface area (Å²) in [6.07, 6.45) is 0.597. The number of benzene rings is 3. The van der Waals surface area contributed by atoms with Gasteiger partial charge in [-0.3, -0.25) is 14.4 Å². The van der Waals surface area contributed by atoms with Crippen LogP contribution in [0.25, 0.3) is 10.8 Å². The Labute approximate surface area is 249 Å². The average Bonchev–Trinajstić information content (AvgIpc) is 2.94. The minimum atomic E-state index is -3.58. The Balaban J connectivity index is 1.56. The number of anilines is 2. The highest BCUT2D eigenvalue weighted by atomic mass is 32.2. The number of ether oxygens (including phenoxy) is 3. The van der Waals surface area contributed by atoms with E-state index in [0.29, 0.717) is 24.4 Å². The zero-order valence-corrected chi connectivity index (χ0v) is 26.1. The summed E-state index contributed by atoms with van der Waals surface area (Å²) in [4.78, 5) is 15.8. The Kier molecular flexibility index (Phi) is 10.3. The molecule has 9 nitrogen and oxygen atoms in total. The lowest BCUT2D eigenvalue weighted by Crippen LogP contribution is -2.38. The second-order valence-electron chi connectivity index (χ2n) is 11.6. The van der Waals surface area contributed by atoms with Crippen LogP contribution in [0.1, 0.15) is 45.2 Å². The van der Waals surface area contributed by atoms with Gasteiger partial charge < -0.3 is 19.5 Å². The molecule has 0 spiro atoms. The number of amides is 1. The summed E-state index contributed by atoms with van der Waals surface area (Å²) in [5.41, 5.74) is 2.13. The van der Waals surface area contributed by atoms with Crippen molar-refractivity contribution in [3.63, 3.8) is 0 Å². The summed E-state index contributed by atoms with van der Waals surface area (Å²) >= 11 is 0. The molecule has 3 aromatic carbocycles. The third kappa shape index (κ3) is 8.14. The lowest BCUT2D eigenvalue weighted by Gasteiger charge is -2.26. The number of morpholine rings is 1. The van der Waals surface area contributed by atoms with Crippen LogP contribution in [0, 0.1) is 0 Å². The fourth-order valence-electron chi connectivity index (χ4n) is 5.03. The zero-order chi connectivity index (χ0) is 30.3. The van der Waals surface area contributed by atoms with E-state index in [4.69, 9.17) is 14.2 Å². The first-order valence-corrected chi connectivity index (χ1v) is 16.1. The molecule has 10 heteroatoms. The van der Waals surface area contributed by atoms with Crippen LogP contribution < -0.4 is 19.5 Å². The number of rotatable bonds is 12. The van der Waals surface area contributed by atoms with Crippen molar-refractivity contribution in [2.45, 2.75) is 46.0 Å². The molecule has 3 aromatic rings. The fourth-order valence-corrected chi connectivity index (χ4v) is 6.15. The maximum atomic E-state index is 13.4. The minimum absolute atomic E-state index is 0.0163. The molecule has 1 aliphatic heterocycles. The third-order valence-corrected chi connectivity index (χ3v) is 8.74. The van der Waals surface area contributed by atoms with E-state index in [9.17, 15) is 13.2 Å². The lowest BCUT2D eigenvalue weighted by atomic mass is 9.86. The van der Waals surface area contributed by atoms with Gasteiger partial charge in [0.15, 0.2) is 5.75 Å². The first-order valence-electron chi connectivity index (χ1n) is 14.5. The number of carbonyl (C=O) groups excluding carboxylic acids is 1. The molecule has 0 saturated carbocycles. The molecule has 1 saturated heterocycles. The van der Waals surface area contributed by atoms with Crippen LogP contribution >= 0.6 is 0 Å². The molecule has 1 amide bonds. The molecule has 0 atom stereocenters. The van der Waals surface area contributed by atoms with Crippen LogP contribution in [0.2, 0.25) is 0 Å². The zero-order valence-electron chi connectivity index (χ0n) is 25.3. The van der Waals surface area contributed by atoms with Crippen LogP contribution in [0.15, 0.2) is 48.5 Å². The van der Waals surface area contributed by atoms with Gasteiger partial charge in [0.2, 0.25) is 15.9 Å². The summed E-state index contributed by atoms with van der Waals surface area (Å²) in [7, 11) is -2.11. The number of hydrogen-bond donors (Lipinski definition) is 2. The topological polar surface area (TPSA) is 106 Å². The number of methoxy groups -OCH3 is 1. The largest absolute Gasteiger partial charge is 0.492 e. The predicted octanol–water partition coefficient (Wildman–Crippen LogP) is 5.19. The van der Waals surface area contributed by atoms with Crippen molar-refractivity contribution in [3.05, 3.63) is 59.7 Å². The molecule has 0 unspecified atom stereocenters. The van der Waals surface area contributed by atoms with Gasteiger partial charge >= 0.3 is 0 Å². The van der Waals surface area contributed by atoms with Crippen molar-refractivity contribution in [2.75, 3.05) is 62.4 Å². The lowest BCUT2D eigenvalue weighted by molar-refractivity contribution is -0.115. The molecule has 4 rings (SSSR count). The molecule has 0 bridgehead atoms. The normalized spacial score (nSPS) is 14.5. The first kappa shape index (κ1) is 31.6. The highest BCUT2D eigenvalue weighted by molar-refractivity contribution is 7.92. The molecule has 0 aliphatic carbocycles. The standard InChI is InChI=1S/C32H43N3O6S/c1-6-19-42(37,38)34-28-22-24(32(2,3)4)21-27(31(28)39-5)33-30(36)20-23-11-12-29(26-10-8-7-9-25(23)26)41-18-15-35-13-16-40-17-14-35/h7-12,21-22,34H,6,13-20H2,1-5H3,(H,33,36). The summed E-state index contributed by atoms with van der Waals surface area (Å²) in [5, 5.41) is 4.88. The maximum absolute atomic E-state index is 13.4. The van der Waals surface area contributed by atoms with E-state index in [0.717, 1.165) is 60.5 Å². The molecule has 1 fully saturated rings. The van der Waals surface area contributed by atoms with Crippen molar-refractivity contribution in [3.8, 4) is 11.5 Å². The van der Waals surface area contributed by atoms with Crippen molar-refractivity contribution >= 4 is 38.1 Å². The highest BCUT2D eigenvalue weighted by Gasteiger charge is 2.23. The smallest absolute Gasteiger partial charge is 0.232 e. The number of sulfonamides is 1. The van der Waals surface area contributed by atoms with E-state index in [1.807, 2.05) is 70.2 Å². The molecule has 42 heavy (non-hydrogen) atoms. The number of fused-ring (bicyclic) bond motifs is 1. The van der Waals surface area contributed by atoms with Crippen LogP contribution in [-0.2, 0) is 31.4 Å². The Morgan fingerprint density at radius 1 is 1.02 bits per heavy atom. The van der Waals surface area contributed by atoms with Crippen molar-refractivity contribution in [1.82, 2.24) is 4.90 Å². The van der Waals surface area contributed by atoms with Gasteiger partial charge in [-0.05, 0) is 46.5 Å². The van der Waals surface area contributed by atoms with E-state index in [2.05, 4.69) is 14.9 Å². The van der Waals surface area contributed by atoms with Gasteiger partial charge in [-0.1, -0.05) is 58.0 Å². The molecular weight excluding hydrogens is 554 g/mol. The molecule has 2 N–H and O–H groups in total. The minimum Gasteiger partial charge on any atom is -0.492 e. The van der Waals surface area contributed by atoms with Crippen molar-refractivity contribution in [1.29, 1.82) is 0 Å². The van der Waals surface area contributed by atoms with Gasteiger partial charge in [0.25, 0.3) is 0 Å². The molecule has 1 aliphatic rings. The number of nitrogens with one attached hydrogen (secondary N) is 2. The second kappa shape index (κ2) is 13.8. The van der Waals surface area contributed by atoms with Crippen molar-refractivity contribution < 1.29 is 27.4 Å². The van der Waals surface area contributed by atoms with Gasteiger partial charge in [0.05, 0.1) is 43.9 Å². The summed E-state index contributed by atoms with van der Waals surface area (Å²) in [6, 6.07) is 15.4. The van der Waals surface area contributed by atoms with Crippen LogP contribution in [0.4, 0.5) is 11.4 Å². The monoisotopic (exact) mass is 597 g/mol. The molecular formula is C32H43N3O6S. The van der Waals surface area contributed by atoms with Crippen LogP contribution in [0.5, 0.6) is 11.5 Å². The summed E-state index contributed by atoms with van der Waals surface area (Å²) in [6.45, 7) is 12.6. The van der Waals surface area contributed by atoms with Crippen molar-refractivity contribution in [2.24, 2.45) is 0 Å². The van der Waals surface area contributed by atoms with Gasteiger partial charge in [-0.15, -0.1) is 0 Å². The molecule has 0 radical (unpaired) electrons. The Hall–Kier alpha value is -3.34. The van der Waals surface area contributed by atoms with Gasteiger partial charge in [-0.25, -0.2) is 8.42 Å². The van der Waals surface area contributed by atoms with E-state index in [1.54, 1.807) is 6.07 Å². The first-order chi connectivity index (χ1) is 20.0. The predicted molar refractivity (Wildman–Crippen MR) is 168 cm³/mol. The quantitative estimate of drug-likeness (QED) is 0.296. The van der Waals surface area contributed by atoms with Crippen LogP contribution in [0.3, 0.4) is 0 Å². The molecule has 0 aromatic heterocycles. The van der Waals surface area contributed by atoms with Gasteiger partial charge in [0, 0.05) is 25.0 Å². The third-order valence-electron chi connectivity index (χ3n) is 7.27. The summed E-state index contributed by atoms with van der Waals surface area (Å²) in [5.74, 6) is 0.793. The SMILES string of the molecule is CCCS(=O)(=O)Nc1cc(C(C)(C)C)cc(NC(=O)Cc2ccc(OCCN3CCOCC3)c3ccccc23)c1OC. The Morgan fingerprint density at radius 3 is 2.38 bits per heavy atom. The average molecular weight is 598 g/mol. The Bertz CT molecular complexity index is 1490. The number of carbonyl (C=O) groups is 1. The van der Waals surface area contributed by atoms with E-state index < -0.39 is 10.0 Å². The summed E-state index contributed by atoms with van der Waals surface area (Å²) < 4.78 is 45.1. The fraction of sp³-hybridized carbons (Fsp3) is 0.469.